The SMILES string of the molecule is CCN(c1c(C)c(C(=O)NCc2c(OC)cc(C)[nH]c2=O)cc2nn(C)cc12)C1CCOCC1. The van der Waals surface area contributed by atoms with Gasteiger partial charge in [0, 0.05) is 55.7 Å². The molecule has 0 unspecified atom stereocenters. The Morgan fingerprint density at radius 1 is 1.32 bits per heavy atom. The van der Waals surface area contributed by atoms with Crippen molar-refractivity contribution in [3.63, 3.8) is 0 Å². The second kappa shape index (κ2) is 9.89. The summed E-state index contributed by atoms with van der Waals surface area (Å²) < 4.78 is 12.7. The number of hydrogen-bond donors (Lipinski definition) is 2. The number of benzene rings is 1. The van der Waals surface area contributed by atoms with Crippen LogP contribution in [-0.2, 0) is 18.3 Å². The molecule has 0 atom stereocenters. The normalized spacial score (nSPS) is 14.4. The van der Waals surface area contributed by atoms with Gasteiger partial charge in [-0.15, -0.1) is 0 Å². The Hall–Kier alpha value is -3.33. The van der Waals surface area contributed by atoms with Crippen LogP contribution in [-0.4, -0.2) is 53.6 Å². The Morgan fingerprint density at radius 2 is 2.06 bits per heavy atom. The van der Waals surface area contributed by atoms with E-state index in [9.17, 15) is 9.59 Å². The van der Waals surface area contributed by atoms with E-state index in [4.69, 9.17) is 9.47 Å². The first-order chi connectivity index (χ1) is 16.3. The molecule has 0 saturated carbocycles. The van der Waals surface area contributed by atoms with Crippen molar-refractivity contribution in [1.29, 1.82) is 0 Å². The number of methoxy groups -OCH3 is 1. The smallest absolute Gasteiger partial charge is 0.256 e. The van der Waals surface area contributed by atoms with Crippen molar-refractivity contribution in [2.75, 3.05) is 31.8 Å². The summed E-state index contributed by atoms with van der Waals surface area (Å²) in [6, 6.07) is 3.92. The number of H-pyrrole nitrogens is 1. The minimum atomic E-state index is -0.272. The molecule has 1 fully saturated rings. The number of aromatic amines is 1. The lowest BCUT2D eigenvalue weighted by Gasteiger charge is -2.37. The lowest BCUT2D eigenvalue weighted by molar-refractivity contribution is 0.0846. The van der Waals surface area contributed by atoms with E-state index in [1.165, 1.54) is 7.11 Å². The standard InChI is InChI=1S/C25H33N5O4/c1-6-30(17-7-9-34-10-8-17)23-16(3)18(12-21-20(23)14-29(4)28-21)24(31)26-13-19-22(33-5)11-15(2)27-25(19)32/h11-12,14,17H,6-10,13H2,1-5H3,(H,26,31)(H,27,32). The van der Waals surface area contributed by atoms with Crippen LogP contribution in [0.25, 0.3) is 10.9 Å². The van der Waals surface area contributed by atoms with Crippen LogP contribution in [0.3, 0.4) is 0 Å². The zero-order valence-corrected chi connectivity index (χ0v) is 20.5. The number of anilines is 1. The van der Waals surface area contributed by atoms with E-state index in [2.05, 4.69) is 27.2 Å². The molecule has 182 valence electrons. The molecule has 2 N–H and O–H groups in total. The van der Waals surface area contributed by atoms with Gasteiger partial charge in [0.05, 0.1) is 30.4 Å². The fourth-order valence-electron chi connectivity index (χ4n) is 4.87. The Morgan fingerprint density at radius 3 is 2.74 bits per heavy atom. The van der Waals surface area contributed by atoms with Gasteiger partial charge in [-0.3, -0.25) is 14.3 Å². The number of nitrogens with zero attached hydrogens (tertiary/aromatic N) is 3. The second-order valence-electron chi connectivity index (χ2n) is 8.77. The highest BCUT2D eigenvalue weighted by Gasteiger charge is 2.27. The number of amides is 1. The first-order valence-corrected chi connectivity index (χ1v) is 11.7. The molecular weight excluding hydrogens is 434 g/mol. The summed E-state index contributed by atoms with van der Waals surface area (Å²) in [5, 5.41) is 8.54. The van der Waals surface area contributed by atoms with Crippen LogP contribution in [0.4, 0.5) is 5.69 Å². The first-order valence-electron chi connectivity index (χ1n) is 11.7. The number of aromatic nitrogens is 3. The molecule has 4 rings (SSSR count). The molecule has 0 radical (unpaired) electrons. The van der Waals surface area contributed by atoms with Crippen molar-refractivity contribution >= 4 is 22.5 Å². The summed E-state index contributed by atoms with van der Waals surface area (Å²) in [7, 11) is 3.40. The lowest BCUT2D eigenvalue weighted by Crippen LogP contribution is -2.40. The van der Waals surface area contributed by atoms with Gasteiger partial charge < -0.3 is 24.7 Å². The molecule has 0 aliphatic carbocycles. The summed E-state index contributed by atoms with van der Waals surface area (Å²) in [5.74, 6) is 0.201. The molecule has 1 amide bonds. The van der Waals surface area contributed by atoms with Gasteiger partial charge in [-0.1, -0.05) is 0 Å². The molecule has 9 heteroatoms. The van der Waals surface area contributed by atoms with E-state index in [1.807, 2.05) is 26.2 Å². The first kappa shape index (κ1) is 23.8. The third-order valence-electron chi connectivity index (χ3n) is 6.53. The highest BCUT2D eigenvalue weighted by molar-refractivity contribution is 6.05. The molecule has 0 spiro atoms. The van der Waals surface area contributed by atoms with Gasteiger partial charge in [0.2, 0.25) is 0 Å². The third-order valence-corrected chi connectivity index (χ3v) is 6.53. The van der Waals surface area contributed by atoms with Crippen molar-refractivity contribution < 1.29 is 14.3 Å². The molecule has 0 bridgehead atoms. The predicted molar refractivity (Wildman–Crippen MR) is 132 cm³/mol. The number of aryl methyl sites for hydroxylation is 2. The molecule has 9 nitrogen and oxygen atoms in total. The third kappa shape index (κ3) is 4.52. The summed E-state index contributed by atoms with van der Waals surface area (Å²) in [4.78, 5) is 31.0. The number of ether oxygens (including phenoxy) is 2. The molecule has 3 heterocycles. The molecular formula is C25H33N5O4. The van der Waals surface area contributed by atoms with Gasteiger partial charge in [-0.05, 0) is 51.3 Å². The average Bonchev–Trinajstić information content (AvgIpc) is 3.19. The Labute approximate surface area is 199 Å². The summed E-state index contributed by atoms with van der Waals surface area (Å²) in [6.45, 7) is 8.27. The Balaban J connectivity index is 1.71. The van der Waals surface area contributed by atoms with Crippen LogP contribution in [0, 0.1) is 13.8 Å². The van der Waals surface area contributed by atoms with Gasteiger partial charge >= 0.3 is 0 Å². The van der Waals surface area contributed by atoms with E-state index in [1.54, 1.807) is 17.7 Å². The van der Waals surface area contributed by atoms with E-state index >= 15 is 0 Å². The maximum absolute atomic E-state index is 13.4. The molecule has 3 aromatic rings. The monoisotopic (exact) mass is 467 g/mol. The fourth-order valence-corrected chi connectivity index (χ4v) is 4.87. The van der Waals surface area contributed by atoms with Crippen LogP contribution in [0.5, 0.6) is 5.75 Å². The number of hydrogen-bond acceptors (Lipinski definition) is 6. The zero-order chi connectivity index (χ0) is 24.4. The maximum Gasteiger partial charge on any atom is 0.256 e. The van der Waals surface area contributed by atoms with Gasteiger partial charge in [-0.2, -0.15) is 5.10 Å². The van der Waals surface area contributed by atoms with E-state index in [-0.39, 0.29) is 18.0 Å². The zero-order valence-electron chi connectivity index (χ0n) is 20.5. The number of fused-ring (bicyclic) bond motifs is 1. The minimum Gasteiger partial charge on any atom is -0.496 e. The van der Waals surface area contributed by atoms with Crippen molar-refractivity contribution in [3.05, 3.63) is 51.1 Å². The number of carbonyl (C=O) groups is 1. The van der Waals surface area contributed by atoms with E-state index in [0.717, 1.165) is 54.8 Å². The van der Waals surface area contributed by atoms with E-state index < -0.39 is 0 Å². The van der Waals surface area contributed by atoms with Gasteiger partial charge in [0.15, 0.2) is 0 Å². The highest BCUT2D eigenvalue weighted by Crippen LogP contribution is 2.35. The highest BCUT2D eigenvalue weighted by atomic mass is 16.5. The van der Waals surface area contributed by atoms with Crippen molar-refractivity contribution in [1.82, 2.24) is 20.1 Å². The quantitative estimate of drug-likeness (QED) is 0.554. The number of carbonyl (C=O) groups excluding carboxylic acids is 1. The lowest BCUT2D eigenvalue weighted by atomic mass is 9.98. The molecule has 2 aromatic heterocycles. The predicted octanol–water partition coefficient (Wildman–Crippen LogP) is 2.82. The fraction of sp³-hybridized carbons (Fsp3) is 0.480. The number of pyridine rings is 1. The number of rotatable bonds is 7. The topological polar surface area (TPSA) is 101 Å². The van der Waals surface area contributed by atoms with Gasteiger partial charge in [0.1, 0.15) is 5.75 Å². The Kier molecular flexibility index (Phi) is 6.92. The minimum absolute atomic E-state index is 0.0596. The van der Waals surface area contributed by atoms with Crippen LogP contribution >= 0.6 is 0 Å². The van der Waals surface area contributed by atoms with Crippen LogP contribution in [0.2, 0.25) is 0 Å². The maximum atomic E-state index is 13.4. The molecule has 1 saturated heterocycles. The molecule has 1 aromatic carbocycles. The van der Waals surface area contributed by atoms with Crippen LogP contribution in [0.1, 0.15) is 46.9 Å². The van der Waals surface area contributed by atoms with Crippen LogP contribution in [0.15, 0.2) is 23.1 Å². The Bertz CT molecular complexity index is 1260. The molecule has 1 aliphatic rings. The van der Waals surface area contributed by atoms with E-state index in [0.29, 0.717) is 28.6 Å². The van der Waals surface area contributed by atoms with Gasteiger partial charge in [-0.25, -0.2) is 0 Å². The number of nitrogens with one attached hydrogen (secondary N) is 2. The van der Waals surface area contributed by atoms with Crippen molar-refractivity contribution in [2.45, 2.75) is 46.2 Å². The van der Waals surface area contributed by atoms with Gasteiger partial charge in [0.25, 0.3) is 11.5 Å². The second-order valence-corrected chi connectivity index (χ2v) is 8.77. The summed E-state index contributed by atoms with van der Waals surface area (Å²) in [5.41, 5.74) is 4.07. The molecule has 34 heavy (non-hydrogen) atoms. The summed E-state index contributed by atoms with van der Waals surface area (Å²) >= 11 is 0. The average molecular weight is 468 g/mol. The summed E-state index contributed by atoms with van der Waals surface area (Å²) in [6.07, 6.45) is 3.90. The molecule has 1 aliphatic heterocycles. The van der Waals surface area contributed by atoms with Crippen molar-refractivity contribution in [3.8, 4) is 5.75 Å². The van der Waals surface area contributed by atoms with Crippen molar-refractivity contribution in [2.24, 2.45) is 7.05 Å². The van der Waals surface area contributed by atoms with Crippen LogP contribution < -0.4 is 20.5 Å². The largest absolute Gasteiger partial charge is 0.496 e.